The minimum Gasteiger partial charge on any atom is -0.465 e. The fourth-order valence-corrected chi connectivity index (χ4v) is 1.16. The Labute approximate surface area is 58.5 Å². The monoisotopic (exact) mass is 140 g/mol. The van der Waals surface area contributed by atoms with E-state index >= 15 is 0 Å². The highest BCUT2D eigenvalue weighted by molar-refractivity contribution is 5.98. The van der Waals surface area contributed by atoms with Gasteiger partial charge < -0.3 is 9.64 Å². The van der Waals surface area contributed by atoms with Crippen LogP contribution >= 0.6 is 0 Å². The van der Waals surface area contributed by atoms with Gasteiger partial charge in [0.25, 0.3) is 11.9 Å². The maximum absolute atomic E-state index is 10.7. The summed E-state index contributed by atoms with van der Waals surface area (Å²) in [6, 6.07) is 0.524. The van der Waals surface area contributed by atoms with Crippen molar-refractivity contribution in [1.29, 1.82) is 0 Å². The molecule has 54 valence electrons. The van der Waals surface area contributed by atoms with Crippen molar-refractivity contribution in [2.45, 2.75) is 6.42 Å². The van der Waals surface area contributed by atoms with Crippen molar-refractivity contribution >= 4 is 11.9 Å². The van der Waals surface area contributed by atoms with Gasteiger partial charge in [0.05, 0.1) is 6.61 Å². The summed E-state index contributed by atoms with van der Waals surface area (Å²) < 4.78 is 5.13. The van der Waals surface area contributed by atoms with Crippen LogP contribution in [0.4, 0.5) is 0 Å². The maximum atomic E-state index is 10.7. The fraction of sp³-hybridized carbons (Fsp3) is 0.667. The Bertz CT molecular complexity index is 200. The van der Waals surface area contributed by atoms with Gasteiger partial charge in [0, 0.05) is 6.54 Å². The normalized spacial score (nSPS) is 23.8. The molecule has 0 atom stereocenters. The molecule has 0 aromatic carbocycles. The van der Waals surface area contributed by atoms with E-state index in [1.165, 1.54) is 0 Å². The van der Waals surface area contributed by atoms with Crippen LogP contribution in [0, 0.1) is 0 Å². The van der Waals surface area contributed by atoms with E-state index in [4.69, 9.17) is 4.74 Å². The molecule has 0 unspecified atom stereocenters. The van der Waals surface area contributed by atoms with Crippen molar-refractivity contribution in [3.63, 3.8) is 0 Å². The van der Waals surface area contributed by atoms with E-state index in [9.17, 15) is 4.79 Å². The van der Waals surface area contributed by atoms with Crippen LogP contribution in [0.25, 0.3) is 0 Å². The molecule has 0 bridgehead atoms. The Morgan fingerprint density at radius 3 is 3.30 bits per heavy atom. The van der Waals surface area contributed by atoms with Gasteiger partial charge in [0.2, 0.25) is 0 Å². The molecular weight excluding hydrogens is 132 g/mol. The van der Waals surface area contributed by atoms with Crippen LogP contribution in [0.3, 0.4) is 0 Å². The Hall–Kier alpha value is -1.06. The Morgan fingerprint density at radius 1 is 1.60 bits per heavy atom. The molecule has 0 saturated carbocycles. The van der Waals surface area contributed by atoms with E-state index < -0.39 is 0 Å². The van der Waals surface area contributed by atoms with E-state index in [0.717, 1.165) is 13.0 Å². The quantitative estimate of drug-likeness (QED) is 0.460. The van der Waals surface area contributed by atoms with Gasteiger partial charge in [-0.1, -0.05) is 0 Å². The fourth-order valence-electron chi connectivity index (χ4n) is 1.16. The number of carbonyl (C=O) groups excluding carboxylic acids is 1. The molecule has 1 fully saturated rings. The second kappa shape index (κ2) is 1.97. The van der Waals surface area contributed by atoms with Crippen molar-refractivity contribution in [2.24, 2.45) is 4.99 Å². The molecular formula is C6H8N2O2. The third-order valence-corrected chi connectivity index (χ3v) is 1.62. The van der Waals surface area contributed by atoms with Crippen LogP contribution in [0.2, 0.25) is 0 Å². The van der Waals surface area contributed by atoms with Gasteiger partial charge in [0.1, 0.15) is 6.54 Å². The molecule has 2 rings (SSSR count). The van der Waals surface area contributed by atoms with E-state index in [0.29, 0.717) is 19.2 Å². The van der Waals surface area contributed by atoms with E-state index in [1.54, 1.807) is 0 Å². The minimum atomic E-state index is -0.0862. The molecule has 0 aliphatic carbocycles. The topological polar surface area (TPSA) is 41.9 Å². The number of nitrogens with zero attached hydrogens (tertiary/aromatic N) is 2. The summed E-state index contributed by atoms with van der Waals surface area (Å²) in [5, 5.41) is 0. The van der Waals surface area contributed by atoms with Gasteiger partial charge in [-0.05, 0) is 6.42 Å². The van der Waals surface area contributed by atoms with Gasteiger partial charge in [0.15, 0.2) is 0 Å². The van der Waals surface area contributed by atoms with Crippen LogP contribution in [0.5, 0.6) is 0 Å². The Balaban J connectivity index is 2.17. The summed E-state index contributed by atoms with van der Waals surface area (Å²) in [4.78, 5) is 16.3. The number of hydrogen-bond donors (Lipinski definition) is 0. The number of amidine groups is 1. The zero-order valence-corrected chi connectivity index (χ0v) is 5.54. The molecule has 4 nitrogen and oxygen atoms in total. The van der Waals surface area contributed by atoms with Crippen molar-refractivity contribution < 1.29 is 9.53 Å². The molecule has 10 heavy (non-hydrogen) atoms. The van der Waals surface area contributed by atoms with Crippen LogP contribution in [-0.2, 0) is 9.53 Å². The molecule has 0 aromatic rings. The third kappa shape index (κ3) is 0.761. The molecule has 0 aromatic heterocycles. The second-order valence-electron chi connectivity index (χ2n) is 2.41. The number of carbonyl (C=O) groups is 1. The van der Waals surface area contributed by atoms with Gasteiger partial charge in [-0.2, -0.15) is 4.99 Å². The van der Waals surface area contributed by atoms with Gasteiger partial charge in [-0.25, -0.2) is 0 Å². The zero-order chi connectivity index (χ0) is 6.97. The van der Waals surface area contributed by atoms with Gasteiger partial charge in [-0.3, -0.25) is 4.79 Å². The highest BCUT2D eigenvalue weighted by Crippen LogP contribution is 2.09. The molecule has 4 heteroatoms. The number of fused-ring (bicyclic) bond motifs is 1. The smallest absolute Gasteiger partial charge is 0.295 e. The van der Waals surface area contributed by atoms with Crippen molar-refractivity contribution in [3.05, 3.63) is 0 Å². The first-order chi connectivity index (χ1) is 4.86. The van der Waals surface area contributed by atoms with Crippen LogP contribution in [-0.4, -0.2) is 36.5 Å². The minimum absolute atomic E-state index is 0.0862. The molecule has 1 amide bonds. The summed E-state index contributed by atoms with van der Waals surface area (Å²) in [5.74, 6) is -0.0862. The lowest BCUT2D eigenvalue weighted by atomic mass is 10.4. The molecule has 0 radical (unpaired) electrons. The van der Waals surface area contributed by atoms with Crippen LogP contribution < -0.4 is 0 Å². The van der Waals surface area contributed by atoms with Crippen molar-refractivity contribution in [3.8, 4) is 0 Å². The largest absolute Gasteiger partial charge is 0.465 e. The molecule has 0 spiro atoms. The first kappa shape index (κ1) is 5.70. The van der Waals surface area contributed by atoms with Crippen molar-refractivity contribution in [2.75, 3.05) is 19.7 Å². The second-order valence-corrected chi connectivity index (χ2v) is 2.41. The lowest BCUT2D eigenvalue weighted by Crippen LogP contribution is -2.36. The first-order valence-electron chi connectivity index (χ1n) is 3.35. The number of amides is 1. The Kier molecular flexibility index (Phi) is 1.12. The summed E-state index contributed by atoms with van der Waals surface area (Å²) in [6.07, 6.45) is 0.992. The highest BCUT2D eigenvalue weighted by Gasteiger charge is 2.26. The predicted octanol–water partition coefficient (Wildman–Crippen LogP) is -0.395. The Morgan fingerprint density at radius 2 is 2.50 bits per heavy atom. The SMILES string of the molecule is O=C1CN2CCCOC2=N1. The average molecular weight is 140 g/mol. The summed E-state index contributed by atoms with van der Waals surface area (Å²) in [7, 11) is 0. The molecule has 2 aliphatic heterocycles. The average Bonchev–Trinajstić information content (AvgIpc) is 2.27. The molecule has 1 saturated heterocycles. The van der Waals surface area contributed by atoms with Crippen LogP contribution in [0.15, 0.2) is 4.99 Å². The number of ether oxygens (including phenoxy) is 1. The van der Waals surface area contributed by atoms with Crippen molar-refractivity contribution in [1.82, 2.24) is 4.90 Å². The summed E-state index contributed by atoms with van der Waals surface area (Å²) >= 11 is 0. The third-order valence-electron chi connectivity index (χ3n) is 1.62. The molecule has 2 aliphatic rings. The maximum Gasteiger partial charge on any atom is 0.295 e. The number of rotatable bonds is 0. The highest BCUT2D eigenvalue weighted by atomic mass is 16.5. The standard InChI is InChI=1S/C6H8N2O2/c9-5-4-8-2-1-3-10-6(8)7-5/h1-4H2. The molecule has 0 N–H and O–H groups in total. The summed E-state index contributed by atoms with van der Waals surface area (Å²) in [5.41, 5.74) is 0. The number of hydrogen-bond acceptors (Lipinski definition) is 3. The number of aliphatic imine (C=N–C) groups is 1. The zero-order valence-electron chi connectivity index (χ0n) is 5.54. The van der Waals surface area contributed by atoms with Gasteiger partial charge >= 0.3 is 0 Å². The predicted molar refractivity (Wildman–Crippen MR) is 34.6 cm³/mol. The molecule has 2 heterocycles. The lowest BCUT2D eigenvalue weighted by Gasteiger charge is -2.23. The van der Waals surface area contributed by atoms with Crippen LogP contribution in [0.1, 0.15) is 6.42 Å². The van der Waals surface area contributed by atoms with Gasteiger partial charge in [-0.15, -0.1) is 0 Å². The lowest BCUT2D eigenvalue weighted by molar-refractivity contribution is -0.117. The van der Waals surface area contributed by atoms with E-state index in [-0.39, 0.29) is 5.91 Å². The summed E-state index contributed by atoms with van der Waals surface area (Å²) in [6.45, 7) is 2.02. The first-order valence-corrected chi connectivity index (χ1v) is 3.35. The van der Waals surface area contributed by atoms with E-state index in [1.807, 2.05) is 4.90 Å². The van der Waals surface area contributed by atoms with E-state index in [2.05, 4.69) is 4.99 Å².